The molecule has 2 atom stereocenters. The molecule has 0 saturated heterocycles. The van der Waals surface area contributed by atoms with Crippen molar-refractivity contribution in [3.63, 3.8) is 0 Å². The standard InChI is InChI=1S/C12H16N4/c1-8-2-3-10(4-8)16-12-11(14)5-9(6-13)7-15-12/h5,7-8,10H,2-4,14H2,1H3,(H,15,16). The van der Waals surface area contributed by atoms with Gasteiger partial charge in [0.05, 0.1) is 11.3 Å². The molecule has 1 aromatic heterocycles. The second-order valence-corrected chi connectivity index (χ2v) is 4.53. The highest BCUT2D eigenvalue weighted by Gasteiger charge is 2.21. The van der Waals surface area contributed by atoms with E-state index in [2.05, 4.69) is 17.2 Å². The molecule has 0 radical (unpaired) electrons. The van der Waals surface area contributed by atoms with Crippen LogP contribution in [-0.2, 0) is 0 Å². The molecule has 1 fully saturated rings. The van der Waals surface area contributed by atoms with E-state index >= 15 is 0 Å². The molecule has 0 amide bonds. The van der Waals surface area contributed by atoms with E-state index in [1.807, 2.05) is 6.07 Å². The first kappa shape index (κ1) is 10.7. The van der Waals surface area contributed by atoms with Crippen molar-refractivity contribution < 1.29 is 0 Å². The molecule has 0 aliphatic heterocycles. The largest absolute Gasteiger partial charge is 0.396 e. The molecule has 2 rings (SSSR count). The van der Waals surface area contributed by atoms with E-state index in [9.17, 15) is 0 Å². The Hall–Kier alpha value is -1.76. The van der Waals surface area contributed by atoms with E-state index in [-0.39, 0.29) is 0 Å². The summed E-state index contributed by atoms with van der Waals surface area (Å²) < 4.78 is 0. The van der Waals surface area contributed by atoms with Gasteiger partial charge in [-0.05, 0) is 31.2 Å². The van der Waals surface area contributed by atoms with Crippen LogP contribution in [0.1, 0.15) is 31.7 Å². The fourth-order valence-electron chi connectivity index (χ4n) is 2.20. The molecule has 84 valence electrons. The van der Waals surface area contributed by atoms with Gasteiger partial charge in [-0.1, -0.05) is 6.92 Å². The highest BCUT2D eigenvalue weighted by Crippen LogP contribution is 2.28. The number of hydrogen-bond donors (Lipinski definition) is 2. The van der Waals surface area contributed by atoms with Gasteiger partial charge >= 0.3 is 0 Å². The average Bonchev–Trinajstić information content (AvgIpc) is 2.67. The zero-order chi connectivity index (χ0) is 11.5. The number of aromatic nitrogens is 1. The predicted octanol–water partition coefficient (Wildman–Crippen LogP) is 2.14. The molecule has 1 saturated carbocycles. The van der Waals surface area contributed by atoms with Crippen LogP contribution in [0.25, 0.3) is 0 Å². The highest BCUT2D eigenvalue weighted by atomic mass is 15.0. The number of nitriles is 1. The van der Waals surface area contributed by atoms with Crippen LogP contribution < -0.4 is 11.1 Å². The minimum atomic E-state index is 0.470. The first-order chi connectivity index (χ1) is 7.69. The molecule has 1 aliphatic carbocycles. The second-order valence-electron chi connectivity index (χ2n) is 4.53. The normalized spacial score (nSPS) is 24.0. The third kappa shape index (κ3) is 2.25. The van der Waals surface area contributed by atoms with E-state index in [0.29, 0.717) is 23.1 Å². The van der Waals surface area contributed by atoms with Gasteiger partial charge in [-0.2, -0.15) is 5.26 Å². The van der Waals surface area contributed by atoms with E-state index in [1.54, 1.807) is 12.3 Å². The molecular weight excluding hydrogens is 200 g/mol. The Bertz CT molecular complexity index is 422. The summed E-state index contributed by atoms with van der Waals surface area (Å²) in [6.45, 7) is 2.26. The number of anilines is 2. The number of rotatable bonds is 2. The molecular formula is C12H16N4. The van der Waals surface area contributed by atoms with Crippen molar-refractivity contribution in [3.8, 4) is 6.07 Å². The Labute approximate surface area is 95.5 Å². The Morgan fingerprint density at radius 2 is 2.38 bits per heavy atom. The fourth-order valence-corrected chi connectivity index (χ4v) is 2.20. The zero-order valence-corrected chi connectivity index (χ0v) is 9.40. The highest BCUT2D eigenvalue weighted by molar-refractivity contribution is 5.63. The molecule has 16 heavy (non-hydrogen) atoms. The van der Waals surface area contributed by atoms with E-state index in [0.717, 1.165) is 5.92 Å². The molecule has 3 N–H and O–H groups in total. The third-order valence-electron chi connectivity index (χ3n) is 3.08. The van der Waals surface area contributed by atoms with Crippen molar-refractivity contribution in [2.75, 3.05) is 11.1 Å². The van der Waals surface area contributed by atoms with Crippen LogP contribution in [0, 0.1) is 17.2 Å². The van der Waals surface area contributed by atoms with Gasteiger partial charge in [0.15, 0.2) is 0 Å². The molecule has 0 spiro atoms. The molecule has 0 aromatic carbocycles. The van der Waals surface area contributed by atoms with Gasteiger partial charge in [-0.15, -0.1) is 0 Å². The lowest BCUT2D eigenvalue weighted by Gasteiger charge is -2.14. The molecule has 2 unspecified atom stereocenters. The number of hydrogen-bond acceptors (Lipinski definition) is 4. The Kier molecular flexibility index (Phi) is 2.95. The number of nitrogen functional groups attached to an aromatic ring is 1. The monoisotopic (exact) mass is 216 g/mol. The van der Waals surface area contributed by atoms with Gasteiger partial charge in [0.2, 0.25) is 0 Å². The lowest BCUT2D eigenvalue weighted by atomic mass is 10.1. The lowest BCUT2D eigenvalue weighted by Crippen LogP contribution is -2.17. The van der Waals surface area contributed by atoms with E-state index in [1.165, 1.54) is 19.3 Å². The minimum Gasteiger partial charge on any atom is -0.396 e. The fraction of sp³-hybridized carbons (Fsp3) is 0.500. The van der Waals surface area contributed by atoms with E-state index in [4.69, 9.17) is 11.0 Å². The van der Waals surface area contributed by atoms with Crippen LogP contribution >= 0.6 is 0 Å². The van der Waals surface area contributed by atoms with Crippen molar-refractivity contribution in [2.24, 2.45) is 5.92 Å². The first-order valence-corrected chi connectivity index (χ1v) is 5.61. The topological polar surface area (TPSA) is 74.7 Å². The van der Waals surface area contributed by atoms with Crippen LogP contribution in [0.15, 0.2) is 12.3 Å². The quantitative estimate of drug-likeness (QED) is 0.794. The summed E-state index contributed by atoms with van der Waals surface area (Å²) in [5.41, 5.74) is 6.89. The van der Waals surface area contributed by atoms with Crippen molar-refractivity contribution >= 4 is 11.5 Å². The summed E-state index contributed by atoms with van der Waals surface area (Å²) in [6, 6.07) is 4.16. The maximum atomic E-state index is 8.71. The maximum Gasteiger partial charge on any atom is 0.149 e. The van der Waals surface area contributed by atoms with Gasteiger partial charge in [-0.3, -0.25) is 0 Å². The van der Waals surface area contributed by atoms with Gasteiger partial charge in [-0.25, -0.2) is 4.98 Å². The minimum absolute atomic E-state index is 0.470. The van der Waals surface area contributed by atoms with Gasteiger partial charge < -0.3 is 11.1 Å². The summed E-state index contributed by atoms with van der Waals surface area (Å²) in [5.74, 6) is 1.48. The first-order valence-electron chi connectivity index (χ1n) is 5.61. The molecule has 1 aliphatic rings. The van der Waals surface area contributed by atoms with Crippen LogP contribution in [-0.4, -0.2) is 11.0 Å². The van der Waals surface area contributed by atoms with Crippen molar-refractivity contribution in [2.45, 2.75) is 32.2 Å². The number of pyridine rings is 1. The smallest absolute Gasteiger partial charge is 0.149 e. The van der Waals surface area contributed by atoms with Gasteiger partial charge in [0.25, 0.3) is 0 Å². The molecule has 1 heterocycles. The maximum absolute atomic E-state index is 8.71. The molecule has 1 aromatic rings. The SMILES string of the molecule is CC1CCC(Nc2ncc(C#N)cc2N)C1. The Morgan fingerprint density at radius 1 is 1.56 bits per heavy atom. The zero-order valence-electron chi connectivity index (χ0n) is 9.40. The Balaban J connectivity index is 2.08. The van der Waals surface area contributed by atoms with Crippen LogP contribution in [0.5, 0.6) is 0 Å². The molecule has 0 bridgehead atoms. The molecule has 4 heteroatoms. The summed E-state index contributed by atoms with van der Waals surface area (Å²) in [7, 11) is 0. The number of nitrogens with two attached hydrogens (primary N) is 1. The number of nitrogens with one attached hydrogen (secondary N) is 1. The Morgan fingerprint density at radius 3 is 2.94 bits per heavy atom. The average molecular weight is 216 g/mol. The van der Waals surface area contributed by atoms with Gasteiger partial charge in [0, 0.05) is 12.2 Å². The third-order valence-corrected chi connectivity index (χ3v) is 3.08. The predicted molar refractivity (Wildman–Crippen MR) is 63.8 cm³/mol. The van der Waals surface area contributed by atoms with Crippen LogP contribution in [0.4, 0.5) is 11.5 Å². The van der Waals surface area contributed by atoms with Crippen molar-refractivity contribution in [3.05, 3.63) is 17.8 Å². The summed E-state index contributed by atoms with van der Waals surface area (Å²) >= 11 is 0. The van der Waals surface area contributed by atoms with Crippen LogP contribution in [0.3, 0.4) is 0 Å². The molecule has 4 nitrogen and oxygen atoms in total. The van der Waals surface area contributed by atoms with E-state index < -0.39 is 0 Å². The summed E-state index contributed by atoms with van der Waals surface area (Å²) in [4.78, 5) is 4.18. The van der Waals surface area contributed by atoms with Crippen molar-refractivity contribution in [1.29, 1.82) is 5.26 Å². The number of nitrogens with zero attached hydrogens (tertiary/aromatic N) is 2. The second kappa shape index (κ2) is 4.40. The summed E-state index contributed by atoms with van der Waals surface area (Å²) in [6.07, 6.45) is 5.15. The van der Waals surface area contributed by atoms with Crippen LogP contribution in [0.2, 0.25) is 0 Å². The van der Waals surface area contributed by atoms with Crippen molar-refractivity contribution in [1.82, 2.24) is 4.98 Å². The lowest BCUT2D eigenvalue weighted by molar-refractivity contribution is 0.602. The summed E-state index contributed by atoms with van der Waals surface area (Å²) in [5, 5.41) is 12.1. The van der Waals surface area contributed by atoms with Gasteiger partial charge in [0.1, 0.15) is 11.9 Å².